The van der Waals surface area contributed by atoms with Gasteiger partial charge in [-0.25, -0.2) is 0 Å². The van der Waals surface area contributed by atoms with Crippen LogP contribution >= 0.6 is 39.1 Å². The number of nitrogens with zero attached hydrogens (tertiary/aromatic N) is 1. The lowest BCUT2D eigenvalue weighted by atomic mass is 10.2. The maximum absolute atomic E-state index is 11.9. The molecular weight excluding hydrogens is 301 g/mol. The molecule has 82 valence electrons. The molecule has 0 radical (unpaired) electrons. The van der Waals surface area contributed by atoms with Crippen molar-refractivity contribution in [1.29, 1.82) is 0 Å². The highest BCUT2D eigenvalue weighted by molar-refractivity contribution is 9.10. The van der Waals surface area contributed by atoms with Crippen LogP contribution < -0.4 is 0 Å². The molecule has 0 saturated heterocycles. The van der Waals surface area contributed by atoms with E-state index in [1.165, 1.54) is 0 Å². The number of carbonyl (C=O) groups is 1. The molecule has 0 N–H and O–H groups in total. The van der Waals surface area contributed by atoms with Crippen LogP contribution in [-0.4, -0.2) is 30.3 Å². The van der Waals surface area contributed by atoms with Crippen molar-refractivity contribution in [2.45, 2.75) is 0 Å². The molecule has 0 saturated carbocycles. The highest BCUT2D eigenvalue weighted by atomic mass is 79.9. The maximum atomic E-state index is 11.9. The van der Waals surface area contributed by atoms with Crippen LogP contribution in [0.3, 0.4) is 0 Å². The van der Waals surface area contributed by atoms with Gasteiger partial charge < -0.3 is 4.90 Å². The molecule has 0 aliphatic rings. The van der Waals surface area contributed by atoms with E-state index in [1.54, 1.807) is 30.1 Å². The predicted molar refractivity (Wildman–Crippen MR) is 66.8 cm³/mol. The average Bonchev–Trinajstić information content (AvgIpc) is 2.21. The van der Waals surface area contributed by atoms with Gasteiger partial charge in [-0.1, -0.05) is 17.7 Å². The molecule has 0 aromatic heterocycles. The first-order valence-corrected chi connectivity index (χ1v) is 6.04. The lowest BCUT2D eigenvalue weighted by Gasteiger charge is -2.16. The number of hydrogen-bond acceptors (Lipinski definition) is 1. The Bertz CT molecular complexity index is 370. The number of amides is 1. The van der Waals surface area contributed by atoms with E-state index in [9.17, 15) is 4.79 Å². The van der Waals surface area contributed by atoms with E-state index in [0.29, 0.717) is 27.5 Å². The molecule has 1 rings (SSSR count). The van der Waals surface area contributed by atoms with Crippen molar-refractivity contribution in [3.8, 4) is 0 Å². The third kappa shape index (κ3) is 3.10. The van der Waals surface area contributed by atoms with E-state index >= 15 is 0 Å². The fourth-order valence-electron chi connectivity index (χ4n) is 1.10. The summed E-state index contributed by atoms with van der Waals surface area (Å²) in [4.78, 5) is 13.4. The highest BCUT2D eigenvalue weighted by Crippen LogP contribution is 2.26. The first-order valence-electron chi connectivity index (χ1n) is 4.33. The van der Waals surface area contributed by atoms with Crippen molar-refractivity contribution >= 4 is 45.0 Å². The Labute approximate surface area is 107 Å². The topological polar surface area (TPSA) is 20.3 Å². The van der Waals surface area contributed by atoms with Gasteiger partial charge in [0.25, 0.3) is 5.91 Å². The number of carbonyl (C=O) groups excluding carboxylic acids is 1. The molecule has 0 spiro atoms. The number of hydrogen-bond donors (Lipinski definition) is 0. The summed E-state index contributed by atoms with van der Waals surface area (Å²) in [6, 6.07) is 5.26. The Balaban J connectivity index is 2.96. The first-order chi connectivity index (χ1) is 7.07. The van der Waals surface area contributed by atoms with Gasteiger partial charge in [0.2, 0.25) is 0 Å². The van der Waals surface area contributed by atoms with Gasteiger partial charge >= 0.3 is 0 Å². The first kappa shape index (κ1) is 12.8. The van der Waals surface area contributed by atoms with Gasteiger partial charge in [0.1, 0.15) is 0 Å². The Hall–Kier alpha value is -0.250. The van der Waals surface area contributed by atoms with Crippen LogP contribution in [0, 0.1) is 0 Å². The molecule has 0 heterocycles. The van der Waals surface area contributed by atoms with E-state index in [4.69, 9.17) is 23.2 Å². The second-order valence-corrected chi connectivity index (χ2v) is 4.63. The molecule has 0 aliphatic carbocycles. The molecule has 1 aromatic rings. The third-order valence-electron chi connectivity index (χ3n) is 1.95. The zero-order valence-electron chi connectivity index (χ0n) is 8.14. The van der Waals surface area contributed by atoms with Crippen molar-refractivity contribution in [3.05, 3.63) is 33.3 Å². The Kier molecular flexibility index (Phi) is 4.90. The summed E-state index contributed by atoms with van der Waals surface area (Å²) in [6.45, 7) is 0.503. The van der Waals surface area contributed by atoms with Gasteiger partial charge in [0.05, 0.1) is 10.6 Å². The molecule has 0 unspecified atom stereocenters. The van der Waals surface area contributed by atoms with Crippen LogP contribution in [-0.2, 0) is 0 Å². The summed E-state index contributed by atoms with van der Waals surface area (Å²) >= 11 is 14.8. The SMILES string of the molecule is CN(CCCl)C(=O)c1cccc(Br)c1Cl. The fourth-order valence-corrected chi connectivity index (χ4v) is 1.93. The van der Waals surface area contributed by atoms with Crippen LogP contribution in [0.2, 0.25) is 5.02 Å². The van der Waals surface area contributed by atoms with E-state index in [0.717, 1.165) is 0 Å². The molecule has 0 atom stereocenters. The number of alkyl halides is 1. The summed E-state index contributed by atoms with van der Waals surface area (Å²) in [5.41, 5.74) is 0.485. The van der Waals surface area contributed by atoms with Gasteiger partial charge in [-0.05, 0) is 28.1 Å². The Morgan fingerprint density at radius 1 is 1.53 bits per heavy atom. The van der Waals surface area contributed by atoms with Gasteiger partial charge in [0.15, 0.2) is 0 Å². The normalized spacial score (nSPS) is 10.1. The van der Waals surface area contributed by atoms with Crippen LogP contribution in [0.5, 0.6) is 0 Å². The summed E-state index contributed by atoms with van der Waals surface area (Å²) in [7, 11) is 1.70. The molecule has 5 heteroatoms. The maximum Gasteiger partial charge on any atom is 0.255 e. The van der Waals surface area contributed by atoms with Crippen molar-refractivity contribution in [3.63, 3.8) is 0 Å². The quantitative estimate of drug-likeness (QED) is 0.783. The summed E-state index contributed by atoms with van der Waals surface area (Å²) in [5, 5.41) is 0.434. The zero-order valence-corrected chi connectivity index (χ0v) is 11.2. The third-order valence-corrected chi connectivity index (χ3v) is 3.41. The minimum atomic E-state index is -0.123. The summed E-state index contributed by atoms with van der Waals surface area (Å²) in [6.07, 6.45) is 0. The average molecular weight is 311 g/mol. The Morgan fingerprint density at radius 2 is 2.20 bits per heavy atom. The number of halogens is 3. The Morgan fingerprint density at radius 3 is 2.80 bits per heavy atom. The van der Waals surface area contributed by atoms with Crippen LogP contribution in [0.4, 0.5) is 0 Å². The van der Waals surface area contributed by atoms with Crippen LogP contribution in [0.15, 0.2) is 22.7 Å². The molecule has 1 amide bonds. The lowest BCUT2D eigenvalue weighted by Crippen LogP contribution is -2.28. The number of rotatable bonds is 3. The summed E-state index contributed by atoms with van der Waals surface area (Å²) in [5.74, 6) is 0.287. The van der Waals surface area contributed by atoms with E-state index in [2.05, 4.69) is 15.9 Å². The van der Waals surface area contributed by atoms with Crippen molar-refractivity contribution in [2.75, 3.05) is 19.5 Å². The standard InChI is InChI=1S/C10H10BrCl2NO/c1-14(6-5-12)10(15)7-3-2-4-8(11)9(7)13/h2-4H,5-6H2,1H3. The molecule has 2 nitrogen and oxygen atoms in total. The van der Waals surface area contributed by atoms with E-state index in [-0.39, 0.29) is 5.91 Å². The molecule has 0 bridgehead atoms. The lowest BCUT2D eigenvalue weighted by molar-refractivity contribution is 0.0803. The smallest absolute Gasteiger partial charge is 0.255 e. The minimum absolute atomic E-state index is 0.123. The molecule has 15 heavy (non-hydrogen) atoms. The molecule has 0 fully saturated rings. The van der Waals surface area contributed by atoms with Gasteiger partial charge in [-0.3, -0.25) is 4.79 Å². The van der Waals surface area contributed by atoms with Crippen molar-refractivity contribution in [2.24, 2.45) is 0 Å². The largest absolute Gasteiger partial charge is 0.340 e. The zero-order chi connectivity index (χ0) is 11.4. The second-order valence-electron chi connectivity index (χ2n) is 3.02. The molecular formula is C10H10BrCl2NO. The van der Waals surface area contributed by atoms with Gasteiger partial charge in [-0.15, -0.1) is 11.6 Å². The van der Waals surface area contributed by atoms with Crippen molar-refractivity contribution < 1.29 is 4.79 Å². The highest BCUT2D eigenvalue weighted by Gasteiger charge is 2.15. The van der Waals surface area contributed by atoms with E-state index in [1.807, 2.05) is 0 Å². The van der Waals surface area contributed by atoms with Crippen LogP contribution in [0.1, 0.15) is 10.4 Å². The van der Waals surface area contributed by atoms with Crippen LogP contribution in [0.25, 0.3) is 0 Å². The molecule has 0 aliphatic heterocycles. The van der Waals surface area contributed by atoms with Crippen molar-refractivity contribution in [1.82, 2.24) is 4.90 Å². The fraction of sp³-hybridized carbons (Fsp3) is 0.300. The number of benzene rings is 1. The predicted octanol–water partition coefficient (Wildman–Crippen LogP) is 3.41. The van der Waals surface area contributed by atoms with E-state index < -0.39 is 0 Å². The molecule has 1 aromatic carbocycles. The van der Waals surface area contributed by atoms with Gasteiger partial charge in [0, 0.05) is 23.9 Å². The second kappa shape index (κ2) is 5.73. The monoisotopic (exact) mass is 309 g/mol. The summed E-state index contributed by atoms with van der Waals surface area (Å²) < 4.78 is 0.717. The minimum Gasteiger partial charge on any atom is -0.340 e. The van der Waals surface area contributed by atoms with Gasteiger partial charge in [-0.2, -0.15) is 0 Å².